The first kappa shape index (κ1) is 17.5. The fraction of sp³-hybridized carbons (Fsp3) is 0.692. The van der Waals surface area contributed by atoms with E-state index in [0.29, 0.717) is 25.2 Å². The zero-order valence-electron chi connectivity index (χ0n) is 12.3. The first-order valence-electron chi connectivity index (χ1n) is 6.85. The molecular weight excluding hydrogens is 287 g/mol. The largest absolute Gasteiger partial charge is 0.480 e. The predicted octanol–water partition coefficient (Wildman–Crippen LogP) is 2.57. The van der Waals surface area contributed by atoms with Crippen LogP contribution in [0.25, 0.3) is 0 Å². The van der Waals surface area contributed by atoms with Crippen LogP contribution in [-0.2, 0) is 11.0 Å². The van der Waals surface area contributed by atoms with Crippen LogP contribution in [0, 0.1) is 6.92 Å². The molecule has 1 unspecified atom stereocenters. The molecule has 0 radical (unpaired) electrons. The molecule has 0 aliphatic carbocycles. The quantitative estimate of drug-likeness (QED) is 0.932. The number of aromatic nitrogens is 2. The van der Waals surface area contributed by atoms with E-state index in [2.05, 4.69) is 5.10 Å². The fourth-order valence-corrected chi connectivity index (χ4v) is 2.34. The molecule has 1 atom stereocenters. The van der Waals surface area contributed by atoms with Crippen LogP contribution in [0.2, 0.25) is 0 Å². The summed E-state index contributed by atoms with van der Waals surface area (Å²) < 4.78 is 39.0. The Morgan fingerprint density at radius 3 is 2.57 bits per heavy atom. The highest BCUT2D eigenvalue weighted by Gasteiger charge is 2.36. The van der Waals surface area contributed by atoms with Crippen molar-refractivity contribution < 1.29 is 23.1 Å². The number of nitrogens with zero attached hydrogens (tertiary/aromatic N) is 3. The average Bonchev–Trinajstić information content (AvgIpc) is 2.97. The van der Waals surface area contributed by atoms with Crippen molar-refractivity contribution in [2.75, 3.05) is 19.6 Å². The monoisotopic (exact) mass is 307 g/mol. The summed E-state index contributed by atoms with van der Waals surface area (Å²) in [6.07, 6.45) is -3.84. The van der Waals surface area contributed by atoms with Crippen molar-refractivity contribution in [3.63, 3.8) is 0 Å². The summed E-state index contributed by atoms with van der Waals surface area (Å²) in [6, 6.07) is 0.815. The number of carbonyl (C=O) groups is 1. The topological polar surface area (TPSA) is 58.4 Å². The van der Waals surface area contributed by atoms with Gasteiger partial charge >= 0.3 is 12.1 Å². The Bertz CT molecular complexity index is 485. The number of hydrogen-bond acceptors (Lipinski definition) is 3. The van der Waals surface area contributed by atoms with Crippen LogP contribution in [0.3, 0.4) is 0 Å². The van der Waals surface area contributed by atoms with Gasteiger partial charge in [0, 0.05) is 18.8 Å². The summed E-state index contributed by atoms with van der Waals surface area (Å²) in [6.45, 7) is 6.44. The number of rotatable bonds is 3. The van der Waals surface area contributed by atoms with Crippen molar-refractivity contribution in [3.05, 3.63) is 17.5 Å². The highest BCUT2D eigenvalue weighted by molar-refractivity contribution is 5.69. The number of carboxylic acids is 1. The van der Waals surface area contributed by atoms with Crippen molar-refractivity contribution in [1.82, 2.24) is 14.7 Å². The summed E-state index contributed by atoms with van der Waals surface area (Å²) in [5.74, 6) is -0.936. The Hall–Kier alpha value is -1.57. The van der Waals surface area contributed by atoms with Crippen LogP contribution in [0.5, 0.6) is 0 Å². The van der Waals surface area contributed by atoms with Gasteiger partial charge in [0.05, 0.1) is 12.6 Å². The molecule has 2 heterocycles. The molecule has 1 aliphatic rings. The van der Waals surface area contributed by atoms with E-state index in [-0.39, 0.29) is 12.6 Å². The van der Waals surface area contributed by atoms with E-state index in [0.717, 1.165) is 6.07 Å². The van der Waals surface area contributed by atoms with Crippen molar-refractivity contribution in [2.24, 2.45) is 0 Å². The van der Waals surface area contributed by atoms with Crippen molar-refractivity contribution in [1.29, 1.82) is 0 Å². The van der Waals surface area contributed by atoms with E-state index in [1.165, 1.54) is 4.68 Å². The number of aliphatic carboxylic acids is 1. The molecule has 0 amide bonds. The molecule has 1 N–H and O–H groups in total. The lowest BCUT2D eigenvalue weighted by atomic mass is 10.2. The number of likely N-dealkylation sites (tertiary alicyclic amines) is 1. The summed E-state index contributed by atoms with van der Waals surface area (Å²) in [5, 5.41) is 12.3. The lowest BCUT2D eigenvalue weighted by molar-refractivity contribution is -0.141. The average molecular weight is 307 g/mol. The maximum absolute atomic E-state index is 12.6. The molecule has 120 valence electrons. The predicted molar refractivity (Wildman–Crippen MR) is 71.0 cm³/mol. The molecular formula is C13H20F3N3O2. The first-order valence-corrected chi connectivity index (χ1v) is 6.85. The molecule has 1 aliphatic heterocycles. The first-order chi connectivity index (χ1) is 9.77. The van der Waals surface area contributed by atoms with Crippen LogP contribution < -0.4 is 0 Å². The van der Waals surface area contributed by atoms with Gasteiger partial charge in [-0.2, -0.15) is 18.3 Å². The molecule has 21 heavy (non-hydrogen) atoms. The number of aryl methyl sites for hydroxylation is 1. The zero-order valence-corrected chi connectivity index (χ0v) is 12.3. The molecule has 0 aromatic carbocycles. The highest BCUT2D eigenvalue weighted by Crippen LogP contribution is 2.30. The Morgan fingerprint density at radius 1 is 1.48 bits per heavy atom. The molecule has 0 bridgehead atoms. The van der Waals surface area contributed by atoms with Gasteiger partial charge in [0.15, 0.2) is 5.69 Å². The molecule has 2 rings (SSSR count). The highest BCUT2D eigenvalue weighted by atomic mass is 19.4. The van der Waals surface area contributed by atoms with Gasteiger partial charge in [-0.15, -0.1) is 0 Å². The minimum Gasteiger partial charge on any atom is -0.480 e. The summed E-state index contributed by atoms with van der Waals surface area (Å²) in [5.41, 5.74) is -0.462. The van der Waals surface area contributed by atoms with Crippen LogP contribution >= 0.6 is 0 Å². The van der Waals surface area contributed by atoms with Crippen LogP contribution in [-0.4, -0.2) is 45.4 Å². The van der Waals surface area contributed by atoms with Crippen LogP contribution in [0.15, 0.2) is 6.07 Å². The van der Waals surface area contributed by atoms with E-state index in [9.17, 15) is 18.0 Å². The Labute approximate surface area is 121 Å². The van der Waals surface area contributed by atoms with Gasteiger partial charge in [-0.1, -0.05) is 13.8 Å². The summed E-state index contributed by atoms with van der Waals surface area (Å²) >= 11 is 0. The molecule has 1 saturated heterocycles. The second-order valence-corrected chi connectivity index (χ2v) is 4.68. The molecule has 1 aromatic heterocycles. The van der Waals surface area contributed by atoms with E-state index in [1.807, 2.05) is 13.8 Å². The zero-order chi connectivity index (χ0) is 16.2. The van der Waals surface area contributed by atoms with Crippen LogP contribution in [0.4, 0.5) is 13.2 Å². The molecule has 8 heteroatoms. The molecule has 0 spiro atoms. The Balaban J connectivity index is 0.00000106. The molecule has 1 aromatic rings. The van der Waals surface area contributed by atoms with Crippen molar-refractivity contribution >= 4 is 5.97 Å². The second-order valence-electron chi connectivity index (χ2n) is 4.68. The smallest absolute Gasteiger partial charge is 0.435 e. The van der Waals surface area contributed by atoms with E-state index < -0.39 is 17.8 Å². The van der Waals surface area contributed by atoms with E-state index in [4.69, 9.17) is 5.11 Å². The lowest BCUT2D eigenvalue weighted by Crippen LogP contribution is -2.28. The number of hydrogen-bond donors (Lipinski definition) is 1. The van der Waals surface area contributed by atoms with Crippen LogP contribution in [0.1, 0.15) is 37.7 Å². The minimum absolute atomic E-state index is 0.0943. The molecule has 1 fully saturated rings. The summed E-state index contributed by atoms with van der Waals surface area (Å²) in [7, 11) is 0. The van der Waals surface area contributed by atoms with Crippen molar-refractivity contribution in [2.45, 2.75) is 39.4 Å². The van der Waals surface area contributed by atoms with E-state index in [1.54, 1.807) is 11.8 Å². The van der Waals surface area contributed by atoms with Gasteiger partial charge in [-0.05, 0) is 19.4 Å². The molecule has 0 saturated carbocycles. The van der Waals surface area contributed by atoms with Gasteiger partial charge in [0.2, 0.25) is 0 Å². The third-order valence-corrected chi connectivity index (χ3v) is 3.17. The standard InChI is InChI=1S/C11H14F3N3O2.C2H6/c1-7-4-9(11(12,13)14)15-17(7)8-2-3-16(5-8)6-10(18)19;1-2/h4,8H,2-3,5-6H2,1H3,(H,18,19);1-2H3. The summed E-state index contributed by atoms with van der Waals surface area (Å²) in [4.78, 5) is 12.3. The normalized spacial score (nSPS) is 19.2. The van der Waals surface area contributed by atoms with Crippen molar-refractivity contribution in [3.8, 4) is 0 Å². The van der Waals surface area contributed by atoms with Gasteiger partial charge in [0.25, 0.3) is 0 Å². The Kier molecular flexibility index (Phi) is 5.77. The molecule has 5 nitrogen and oxygen atoms in total. The SMILES string of the molecule is CC.Cc1cc(C(F)(F)F)nn1C1CCN(CC(=O)O)C1. The number of halogens is 3. The maximum atomic E-state index is 12.6. The fourth-order valence-electron chi connectivity index (χ4n) is 2.34. The second kappa shape index (κ2) is 6.93. The minimum atomic E-state index is -4.45. The Morgan fingerprint density at radius 2 is 2.10 bits per heavy atom. The van der Waals surface area contributed by atoms with Gasteiger partial charge in [-0.25, -0.2) is 0 Å². The maximum Gasteiger partial charge on any atom is 0.435 e. The third-order valence-electron chi connectivity index (χ3n) is 3.17. The van der Waals surface area contributed by atoms with Gasteiger partial charge < -0.3 is 5.11 Å². The number of alkyl halides is 3. The third kappa shape index (κ3) is 4.45. The van der Waals surface area contributed by atoms with E-state index >= 15 is 0 Å². The lowest BCUT2D eigenvalue weighted by Gasteiger charge is -2.15. The van der Waals surface area contributed by atoms with Gasteiger partial charge in [-0.3, -0.25) is 14.4 Å². The number of carboxylic acid groups (broad SMARTS) is 1. The van der Waals surface area contributed by atoms with Gasteiger partial charge in [0.1, 0.15) is 0 Å².